The molecule has 3 nitrogen and oxygen atoms in total. The van der Waals surface area contributed by atoms with Crippen molar-refractivity contribution in [3.63, 3.8) is 0 Å². The minimum atomic E-state index is -0.352. The maximum atomic E-state index is 11.7. The first-order valence-corrected chi connectivity index (χ1v) is 5.85. The molecule has 90 valence electrons. The molecule has 0 aromatic rings. The first kappa shape index (κ1) is 14.4. The zero-order chi connectivity index (χ0) is 12.1. The van der Waals surface area contributed by atoms with E-state index in [0.717, 1.165) is 19.3 Å². The van der Waals surface area contributed by atoms with Crippen LogP contribution in [-0.4, -0.2) is 18.0 Å². The smallest absolute Gasteiger partial charge is 0.237 e. The molecule has 3 N–H and O–H groups in total. The highest BCUT2D eigenvalue weighted by Crippen LogP contribution is 2.18. The first-order chi connectivity index (χ1) is 6.79. The molecule has 0 radical (unpaired) electrons. The molecule has 0 bridgehead atoms. The summed E-state index contributed by atoms with van der Waals surface area (Å²) < 4.78 is 0. The molecule has 15 heavy (non-hydrogen) atoms. The zero-order valence-corrected chi connectivity index (χ0v) is 10.8. The summed E-state index contributed by atoms with van der Waals surface area (Å²) in [4.78, 5) is 11.7. The van der Waals surface area contributed by atoms with Gasteiger partial charge in [-0.1, -0.05) is 40.5 Å². The number of hydrogen-bond donors (Lipinski definition) is 2. The van der Waals surface area contributed by atoms with E-state index < -0.39 is 0 Å². The average Bonchev–Trinajstić information content (AvgIpc) is 2.12. The highest BCUT2D eigenvalue weighted by molar-refractivity contribution is 5.81. The molecule has 0 saturated carbocycles. The summed E-state index contributed by atoms with van der Waals surface area (Å²) in [5.41, 5.74) is 5.87. The molecule has 0 aliphatic heterocycles. The molecule has 0 aliphatic rings. The van der Waals surface area contributed by atoms with Crippen LogP contribution in [0.2, 0.25) is 0 Å². The molecule has 0 fully saturated rings. The number of rotatable bonds is 5. The molecule has 0 aromatic carbocycles. The Morgan fingerprint density at radius 3 is 2.33 bits per heavy atom. The molecule has 2 unspecified atom stereocenters. The van der Waals surface area contributed by atoms with Gasteiger partial charge < -0.3 is 11.1 Å². The summed E-state index contributed by atoms with van der Waals surface area (Å²) >= 11 is 0. The van der Waals surface area contributed by atoms with Crippen molar-refractivity contribution < 1.29 is 4.79 Å². The average molecular weight is 214 g/mol. The fourth-order valence-corrected chi connectivity index (χ4v) is 1.09. The van der Waals surface area contributed by atoms with Gasteiger partial charge in [-0.3, -0.25) is 4.79 Å². The molecule has 0 aliphatic carbocycles. The molecular formula is C12H26N2O. The van der Waals surface area contributed by atoms with Gasteiger partial charge in [0.2, 0.25) is 5.91 Å². The Morgan fingerprint density at radius 2 is 1.93 bits per heavy atom. The van der Waals surface area contributed by atoms with Crippen LogP contribution in [-0.2, 0) is 4.79 Å². The predicted molar refractivity (Wildman–Crippen MR) is 64.6 cm³/mol. The maximum Gasteiger partial charge on any atom is 0.237 e. The van der Waals surface area contributed by atoms with Crippen LogP contribution in [0.3, 0.4) is 0 Å². The van der Waals surface area contributed by atoms with Crippen molar-refractivity contribution in [2.75, 3.05) is 0 Å². The van der Waals surface area contributed by atoms with E-state index in [0.29, 0.717) is 0 Å². The molecule has 0 rings (SSSR count). The molecule has 0 spiro atoms. The third kappa shape index (κ3) is 5.78. The second-order valence-electron chi connectivity index (χ2n) is 5.35. The van der Waals surface area contributed by atoms with Gasteiger partial charge in [0, 0.05) is 6.04 Å². The number of carbonyl (C=O) groups excluding carboxylic acids is 1. The second-order valence-corrected chi connectivity index (χ2v) is 5.35. The van der Waals surface area contributed by atoms with Gasteiger partial charge in [-0.25, -0.2) is 0 Å². The van der Waals surface area contributed by atoms with Crippen molar-refractivity contribution >= 4 is 5.91 Å². The van der Waals surface area contributed by atoms with Crippen LogP contribution in [0.5, 0.6) is 0 Å². The molecule has 0 aromatic heterocycles. The number of unbranched alkanes of at least 4 members (excludes halogenated alkanes) is 1. The van der Waals surface area contributed by atoms with Gasteiger partial charge in [-0.2, -0.15) is 0 Å². The van der Waals surface area contributed by atoms with Gasteiger partial charge in [0.1, 0.15) is 0 Å². The van der Waals surface area contributed by atoms with Crippen molar-refractivity contribution in [2.24, 2.45) is 11.1 Å². The van der Waals surface area contributed by atoms with E-state index in [1.54, 1.807) is 0 Å². The number of amides is 1. The maximum absolute atomic E-state index is 11.7. The summed E-state index contributed by atoms with van der Waals surface area (Å²) in [6, 6.07) is -0.201. The van der Waals surface area contributed by atoms with Crippen molar-refractivity contribution in [3.8, 4) is 0 Å². The van der Waals surface area contributed by atoms with Crippen LogP contribution in [0, 0.1) is 5.41 Å². The summed E-state index contributed by atoms with van der Waals surface area (Å²) in [6.45, 7) is 10.4. The Morgan fingerprint density at radius 1 is 1.40 bits per heavy atom. The van der Waals surface area contributed by atoms with E-state index in [1.807, 2.05) is 6.92 Å². The third-order valence-corrected chi connectivity index (χ3v) is 2.86. The molecule has 2 atom stereocenters. The normalized spacial score (nSPS) is 15.9. The lowest BCUT2D eigenvalue weighted by Gasteiger charge is -2.29. The molecule has 0 heterocycles. The van der Waals surface area contributed by atoms with E-state index in [-0.39, 0.29) is 23.4 Å². The van der Waals surface area contributed by atoms with Gasteiger partial charge in [-0.05, 0) is 18.8 Å². The Hall–Kier alpha value is -0.570. The summed E-state index contributed by atoms with van der Waals surface area (Å²) in [7, 11) is 0. The largest absolute Gasteiger partial charge is 0.352 e. The van der Waals surface area contributed by atoms with Gasteiger partial charge in [0.05, 0.1) is 6.04 Å². The van der Waals surface area contributed by atoms with Crippen LogP contribution in [0.25, 0.3) is 0 Å². The summed E-state index contributed by atoms with van der Waals surface area (Å²) in [6.07, 6.45) is 2.87. The Balaban J connectivity index is 4.02. The zero-order valence-electron chi connectivity index (χ0n) is 10.8. The highest BCUT2D eigenvalue weighted by Gasteiger charge is 2.23. The quantitative estimate of drug-likeness (QED) is 0.736. The number of hydrogen-bond acceptors (Lipinski definition) is 2. The van der Waals surface area contributed by atoms with Crippen molar-refractivity contribution in [2.45, 2.75) is 66.0 Å². The predicted octanol–water partition coefficient (Wildman–Crippen LogP) is 2.05. The Kier molecular flexibility index (Phi) is 5.88. The first-order valence-electron chi connectivity index (χ1n) is 5.85. The van der Waals surface area contributed by atoms with Crippen LogP contribution < -0.4 is 11.1 Å². The Bertz CT molecular complexity index is 196. The van der Waals surface area contributed by atoms with E-state index in [1.165, 1.54) is 0 Å². The molecular weight excluding hydrogens is 188 g/mol. The van der Waals surface area contributed by atoms with E-state index in [4.69, 9.17) is 5.73 Å². The monoisotopic (exact) mass is 214 g/mol. The SMILES string of the molecule is CCCCC(N)C(=O)NC(C)C(C)(C)C. The fraction of sp³-hybridized carbons (Fsp3) is 0.917. The standard InChI is InChI=1S/C12H26N2O/c1-6-7-8-10(13)11(15)14-9(2)12(3,4)5/h9-10H,6-8,13H2,1-5H3,(H,14,15). The molecule has 1 amide bonds. The van der Waals surface area contributed by atoms with Gasteiger partial charge in [-0.15, -0.1) is 0 Å². The van der Waals surface area contributed by atoms with Crippen molar-refractivity contribution in [1.82, 2.24) is 5.32 Å². The van der Waals surface area contributed by atoms with E-state index in [9.17, 15) is 4.79 Å². The fourth-order valence-electron chi connectivity index (χ4n) is 1.09. The lowest BCUT2D eigenvalue weighted by atomic mass is 9.88. The van der Waals surface area contributed by atoms with E-state index in [2.05, 4.69) is 33.0 Å². The van der Waals surface area contributed by atoms with Crippen LogP contribution in [0.4, 0.5) is 0 Å². The minimum Gasteiger partial charge on any atom is -0.352 e. The minimum absolute atomic E-state index is 0.0223. The number of carbonyl (C=O) groups is 1. The lowest BCUT2D eigenvalue weighted by Crippen LogP contribution is -2.48. The van der Waals surface area contributed by atoms with Crippen LogP contribution in [0.1, 0.15) is 53.9 Å². The number of nitrogens with one attached hydrogen (secondary N) is 1. The molecule has 3 heteroatoms. The third-order valence-electron chi connectivity index (χ3n) is 2.86. The Labute approximate surface area is 93.8 Å². The number of nitrogens with two attached hydrogens (primary N) is 1. The molecule has 0 saturated heterocycles. The van der Waals surface area contributed by atoms with E-state index >= 15 is 0 Å². The summed E-state index contributed by atoms with van der Waals surface area (Å²) in [5, 5.41) is 2.96. The van der Waals surface area contributed by atoms with Crippen LogP contribution >= 0.6 is 0 Å². The van der Waals surface area contributed by atoms with Crippen molar-refractivity contribution in [3.05, 3.63) is 0 Å². The van der Waals surface area contributed by atoms with Gasteiger partial charge in [0.25, 0.3) is 0 Å². The topological polar surface area (TPSA) is 55.1 Å². The van der Waals surface area contributed by atoms with Gasteiger partial charge in [0.15, 0.2) is 0 Å². The van der Waals surface area contributed by atoms with Crippen LogP contribution in [0.15, 0.2) is 0 Å². The highest BCUT2D eigenvalue weighted by atomic mass is 16.2. The van der Waals surface area contributed by atoms with Gasteiger partial charge >= 0.3 is 0 Å². The second kappa shape index (κ2) is 6.11. The van der Waals surface area contributed by atoms with Crippen molar-refractivity contribution in [1.29, 1.82) is 0 Å². The summed E-state index contributed by atoms with van der Waals surface area (Å²) in [5.74, 6) is -0.0223. The lowest BCUT2D eigenvalue weighted by molar-refractivity contribution is -0.123.